The SMILES string of the molecule is CNC(c1ncccc1F)C1CCC1. The maximum Gasteiger partial charge on any atom is 0.146 e. The van der Waals surface area contributed by atoms with Crippen LogP contribution in [0.1, 0.15) is 31.0 Å². The van der Waals surface area contributed by atoms with Crippen LogP contribution < -0.4 is 5.32 Å². The highest BCUT2D eigenvalue weighted by atomic mass is 19.1. The maximum absolute atomic E-state index is 13.4. The fraction of sp³-hybridized carbons (Fsp3) is 0.545. The van der Waals surface area contributed by atoms with Gasteiger partial charge in [-0.15, -0.1) is 0 Å². The summed E-state index contributed by atoms with van der Waals surface area (Å²) in [5.74, 6) is 0.364. The monoisotopic (exact) mass is 194 g/mol. The van der Waals surface area contributed by atoms with Gasteiger partial charge in [0.05, 0.1) is 11.7 Å². The summed E-state index contributed by atoms with van der Waals surface area (Å²) in [4.78, 5) is 4.11. The lowest BCUT2D eigenvalue weighted by Crippen LogP contribution is -2.31. The zero-order chi connectivity index (χ0) is 9.97. The Morgan fingerprint density at radius 1 is 1.57 bits per heavy atom. The van der Waals surface area contributed by atoms with Crippen LogP contribution >= 0.6 is 0 Å². The predicted molar refractivity (Wildman–Crippen MR) is 53.3 cm³/mol. The van der Waals surface area contributed by atoms with Crippen molar-refractivity contribution in [2.24, 2.45) is 5.92 Å². The fourth-order valence-corrected chi connectivity index (χ4v) is 2.00. The molecule has 2 rings (SSSR count). The van der Waals surface area contributed by atoms with Crippen LogP contribution in [0, 0.1) is 11.7 Å². The molecule has 1 atom stereocenters. The van der Waals surface area contributed by atoms with Gasteiger partial charge in [-0.05, 0) is 37.9 Å². The van der Waals surface area contributed by atoms with Gasteiger partial charge < -0.3 is 5.32 Å². The average Bonchev–Trinajstić information content (AvgIpc) is 2.12. The molecule has 0 amide bonds. The summed E-state index contributed by atoms with van der Waals surface area (Å²) in [5.41, 5.74) is 0.569. The van der Waals surface area contributed by atoms with Crippen molar-refractivity contribution >= 4 is 0 Å². The third kappa shape index (κ3) is 1.64. The van der Waals surface area contributed by atoms with Crippen LogP contribution in [0.25, 0.3) is 0 Å². The van der Waals surface area contributed by atoms with Crippen LogP contribution in [0.3, 0.4) is 0 Å². The van der Waals surface area contributed by atoms with E-state index in [1.54, 1.807) is 12.3 Å². The van der Waals surface area contributed by atoms with E-state index in [1.807, 2.05) is 7.05 Å². The van der Waals surface area contributed by atoms with Crippen molar-refractivity contribution in [1.82, 2.24) is 10.3 Å². The van der Waals surface area contributed by atoms with Crippen LogP contribution in [0.15, 0.2) is 18.3 Å². The van der Waals surface area contributed by atoms with E-state index < -0.39 is 0 Å². The highest BCUT2D eigenvalue weighted by Crippen LogP contribution is 2.37. The smallest absolute Gasteiger partial charge is 0.146 e. The molecule has 0 spiro atoms. The van der Waals surface area contributed by atoms with E-state index in [9.17, 15) is 4.39 Å². The van der Waals surface area contributed by atoms with E-state index in [1.165, 1.54) is 25.3 Å². The second kappa shape index (κ2) is 4.05. The first-order chi connectivity index (χ1) is 6.83. The number of rotatable bonds is 3. The van der Waals surface area contributed by atoms with Crippen molar-refractivity contribution < 1.29 is 4.39 Å². The fourth-order valence-electron chi connectivity index (χ4n) is 2.00. The molecule has 14 heavy (non-hydrogen) atoms. The Hall–Kier alpha value is -0.960. The zero-order valence-electron chi connectivity index (χ0n) is 8.33. The van der Waals surface area contributed by atoms with Crippen LogP contribution in [-0.2, 0) is 0 Å². The van der Waals surface area contributed by atoms with Gasteiger partial charge in [-0.25, -0.2) is 4.39 Å². The molecule has 1 heterocycles. The Kier molecular flexibility index (Phi) is 2.77. The van der Waals surface area contributed by atoms with Crippen molar-refractivity contribution in [1.29, 1.82) is 0 Å². The summed E-state index contributed by atoms with van der Waals surface area (Å²) in [6.07, 6.45) is 5.28. The van der Waals surface area contributed by atoms with Crippen LogP contribution in [0.4, 0.5) is 4.39 Å². The largest absolute Gasteiger partial charge is 0.311 e. The first-order valence-electron chi connectivity index (χ1n) is 5.10. The summed E-state index contributed by atoms with van der Waals surface area (Å²) < 4.78 is 13.4. The number of nitrogens with one attached hydrogen (secondary N) is 1. The van der Waals surface area contributed by atoms with Crippen molar-refractivity contribution in [2.45, 2.75) is 25.3 Å². The summed E-state index contributed by atoms with van der Waals surface area (Å²) in [7, 11) is 1.87. The molecule has 76 valence electrons. The maximum atomic E-state index is 13.4. The quantitative estimate of drug-likeness (QED) is 0.798. The molecule has 0 radical (unpaired) electrons. The summed E-state index contributed by atoms with van der Waals surface area (Å²) >= 11 is 0. The molecule has 1 aromatic heterocycles. The van der Waals surface area contributed by atoms with E-state index in [0.717, 1.165) is 0 Å². The standard InChI is InChI=1S/C11H15FN2/c1-13-10(8-4-2-5-8)11-9(12)6-3-7-14-11/h3,6-8,10,13H,2,4-5H2,1H3. The number of halogens is 1. The second-order valence-corrected chi connectivity index (χ2v) is 3.83. The van der Waals surface area contributed by atoms with E-state index in [-0.39, 0.29) is 11.9 Å². The molecule has 1 fully saturated rings. The van der Waals surface area contributed by atoms with Gasteiger partial charge in [0.25, 0.3) is 0 Å². The molecule has 1 N–H and O–H groups in total. The summed E-state index contributed by atoms with van der Waals surface area (Å²) in [6.45, 7) is 0. The molecule has 1 aromatic rings. The Bertz CT molecular complexity index is 310. The van der Waals surface area contributed by atoms with Gasteiger partial charge in [-0.3, -0.25) is 4.98 Å². The van der Waals surface area contributed by atoms with Gasteiger partial charge in [0.1, 0.15) is 5.82 Å². The molecule has 3 heteroatoms. The number of hydrogen-bond acceptors (Lipinski definition) is 2. The van der Waals surface area contributed by atoms with Gasteiger partial charge in [-0.2, -0.15) is 0 Å². The molecule has 0 aliphatic heterocycles. The Labute approximate surface area is 83.6 Å². The molecule has 1 aliphatic rings. The van der Waals surface area contributed by atoms with Gasteiger partial charge in [0.15, 0.2) is 0 Å². The number of hydrogen-bond donors (Lipinski definition) is 1. The second-order valence-electron chi connectivity index (χ2n) is 3.83. The number of pyridine rings is 1. The topological polar surface area (TPSA) is 24.9 Å². The predicted octanol–water partition coefficient (Wildman–Crippen LogP) is 2.28. The third-order valence-corrected chi connectivity index (χ3v) is 3.01. The molecule has 1 aliphatic carbocycles. The zero-order valence-corrected chi connectivity index (χ0v) is 8.33. The minimum Gasteiger partial charge on any atom is -0.311 e. The normalized spacial score (nSPS) is 19.0. The third-order valence-electron chi connectivity index (χ3n) is 3.01. The molecule has 1 saturated carbocycles. The number of nitrogens with zero attached hydrogens (tertiary/aromatic N) is 1. The summed E-state index contributed by atoms with van der Waals surface area (Å²) in [6, 6.07) is 3.20. The van der Waals surface area contributed by atoms with Gasteiger partial charge in [-0.1, -0.05) is 6.42 Å². The lowest BCUT2D eigenvalue weighted by Gasteiger charge is -2.33. The van der Waals surface area contributed by atoms with Gasteiger partial charge in [0.2, 0.25) is 0 Å². The average molecular weight is 194 g/mol. The first-order valence-corrected chi connectivity index (χ1v) is 5.10. The Morgan fingerprint density at radius 2 is 2.36 bits per heavy atom. The van der Waals surface area contributed by atoms with Crippen LogP contribution in [0.5, 0.6) is 0 Å². The van der Waals surface area contributed by atoms with Crippen molar-refractivity contribution in [3.63, 3.8) is 0 Å². The molecule has 0 aromatic carbocycles. The first kappa shape index (κ1) is 9.59. The minimum atomic E-state index is -0.196. The molecule has 0 saturated heterocycles. The van der Waals surface area contributed by atoms with Gasteiger partial charge in [0, 0.05) is 6.20 Å². The van der Waals surface area contributed by atoms with E-state index in [0.29, 0.717) is 11.6 Å². The highest BCUT2D eigenvalue weighted by Gasteiger charge is 2.29. The molecule has 1 unspecified atom stereocenters. The lowest BCUT2D eigenvalue weighted by atomic mass is 9.78. The van der Waals surface area contributed by atoms with E-state index in [2.05, 4.69) is 10.3 Å². The Balaban J connectivity index is 2.22. The Morgan fingerprint density at radius 3 is 2.86 bits per heavy atom. The van der Waals surface area contributed by atoms with Crippen LogP contribution in [0.2, 0.25) is 0 Å². The van der Waals surface area contributed by atoms with E-state index in [4.69, 9.17) is 0 Å². The van der Waals surface area contributed by atoms with Gasteiger partial charge >= 0.3 is 0 Å². The van der Waals surface area contributed by atoms with Crippen molar-refractivity contribution in [3.8, 4) is 0 Å². The van der Waals surface area contributed by atoms with E-state index >= 15 is 0 Å². The molecule has 2 nitrogen and oxygen atoms in total. The molecular weight excluding hydrogens is 179 g/mol. The van der Waals surface area contributed by atoms with Crippen molar-refractivity contribution in [2.75, 3.05) is 7.05 Å². The molecular formula is C11H15FN2. The minimum absolute atomic E-state index is 0.0879. The molecule has 0 bridgehead atoms. The highest BCUT2D eigenvalue weighted by molar-refractivity contribution is 5.13. The van der Waals surface area contributed by atoms with Crippen molar-refractivity contribution in [3.05, 3.63) is 29.8 Å². The van der Waals surface area contributed by atoms with Crippen LogP contribution in [-0.4, -0.2) is 12.0 Å². The number of aromatic nitrogens is 1. The lowest BCUT2D eigenvalue weighted by molar-refractivity contribution is 0.231. The summed E-state index contributed by atoms with van der Waals surface area (Å²) in [5, 5.41) is 3.16.